The van der Waals surface area contributed by atoms with Crippen LogP contribution < -0.4 is 16.8 Å². The lowest BCUT2D eigenvalue weighted by atomic mass is 9.92. The third-order valence-corrected chi connectivity index (χ3v) is 4.35. The molecule has 0 bridgehead atoms. The lowest BCUT2D eigenvalue weighted by Crippen LogP contribution is -2.34. The number of rotatable bonds is 10. The Labute approximate surface area is 164 Å². The average Bonchev–Trinajstić information content (AvgIpc) is 2.73. The van der Waals surface area contributed by atoms with Gasteiger partial charge in [-0.15, -0.1) is 0 Å². The Bertz CT molecular complexity index is 556. The summed E-state index contributed by atoms with van der Waals surface area (Å²) in [5.74, 6) is 0.157. The van der Waals surface area contributed by atoms with Gasteiger partial charge in [-0.2, -0.15) is 0 Å². The van der Waals surface area contributed by atoms with Crippen molar-refractivity contribution in [2.24, 2.45) is 17.4 Å². The van der Waals surface area contributed by atoms with Crippen molar-refractivity contribution >= 4 is 5.91 Å². The summed E-state index contributed by atoms with van der Waals surface area (Å²) in [6, 6.07) is 20.7. The highest BCUT2D eigenvalue weighted by atomic mass is 16.1. The summed E-state index contributed by atoms with van der Waals surface area (Å²) in [5, 5.41) is 2.94. The lowest BCUT2D eigenvalue weighted by molar-refractivity contribution is -0.125. The number of nitrogens with two attached hydrogens (primary N) is 2. The second kappa shape index (κ2) is 14.9. The predicted octanol–water partition coefficient (Wildman–Crippen LogP) is 3.30. The molecule has 0 aliphatic rings. The van der Waals surface area contributed by atoms with Crippen LogP contribution in [0.2, 0.25) is 0 Å². The van der Waals surface area contributed by atoms with Gasteiger partial charge in [-0.05, 0) is 49.8 Å². The SMILES string of the molecule is CCCN.NCCNC(=O)C(CCc1ccccc1)CCc1ccccc1. The van der Waals surface area contributed by atoms with Crippen molar-refractivity contribution in [2.45, 2.75) is 39.0 Å². The van der Waals surface area contributed by atoms with Crippen LogP contribution in [0.25, 0.3) is 0 Å². The van der Waals surface area contributed by atoms with Crippen LogP contribution >= 0.6 is 0 Å². The smallest absolute Gasteiger partial charge is 0.223 e. The first-order valence-electron chi connectivity index (χ1n) is 9.96. The third kappa shape index (κ3) is 10.5. The summed E-state index contributed by atoms with van der Waals surface area (Å²) in [4.78, 5) is 12.4. The quantitative estimate of drug-likeness (QED) is 0.601. The minimum atomic E-state index is 0.0296. The first-order chi connectivity index (χ1) is 13.2. The zero-order valence-electron chi connectivity index (χ0n) is 16.6. The molecule has 1 amide bonds. The third-order valence-electron chi connectivity index (χ3n) is 4.35. The number of carbonyl (C=O) groups is 1. The van der Waals surface area contributed by atoms with E-state index in [2.05, 4.69) is 36.5 Å². The van der Waals surface area contributed by atoms with E-state index in [4.69, 9.17) is 11.5 Å². The Balaban J connectivity index is 0.000000828. The molecule has 148 valence electrons. The van der Waals surface area contributed by atoms with Crippen LogP contribution in [0.4, 0.5) is 0 Å². The molecule has 5 N–H and O–H groups in total. The van der Waals surface area contributed by atoms with Gasteiger partial charge in [0.2, 0.25) is 5.91 Å². The molecule has 27 heavy (non-hydrogen) atoms. The normalized spacial score (nSPS) is 10.2. The summed E-state index contributed by atoms with van der Waals surface area (Å²) in [5.41, 5.74) is 13.1. The Hall–Kier alpha value is -2.17. The van der Waals surface area contributed by atoms with Gasteiger partial charge >= 0.3 is 0 Å². The Kier molecular flexibility index (Phi) is 12.7. The van der Waals surface area contributed by atoms with E-state index in [9.17, 15) is 4.79 Å². The highest BCUT2D eigenvalue weighted by molar-refractivity contribution is 5.78. The Morgan fingerprint density at radius 2 is 1.30 bits per heavy atom. The van der Waals surface area contributed by atoms with Gasteiger partial charge in [-0.25, -0.2) is 0 Å². The van der Waals surface area contributed by atoms with E-state index < -0.39 is 0 Å². The molecular weight excluding hydrogens is 334 g/mol. The summed E-state index contributed by atoms with van der Waals surface area (Å²) in [6.07, 6.45) is 4.69. The summed E-state index contributed by atoms with van der Waals surface area (Å²) in [7, 11) is 0. The first-order valence-corrected chi connectivity index (χ1v) is 9.96. The van der Waals surface area contributed by atoms with Crippen molar-refractivity contribution in [1.29, 1.82) is 0 Å². The fourth-order valence-electron chi connectivity index (χ4n) is 2.72. The molecule has 0 fully saturated rings. The molecule has 0 radical (unpaired) electrons. The van der Waals surface area contributed by atoms with Gasteiger partial charge in [-0.3, -0.25) is 4.79 Å². The summed E-state index contributed by atoms with van der Waals surface area (Å²) in [6.45, 7) is 3.90. The molecular formula is C23H35N3O. The van der Waals surface area contributed by atoms with Gasteiger partial charge in [0.1, 0.15) is 0 Å². The van der Waals surface area contributed by atoms with Crippen molar-refractivity contribution in [1.82, 2.24) is 5.32 Å². The zero-order valence-corrected chi connectivity index (χ0v) is 16.6. The van der Waals surface area contributed by atoms with Crippen LogP contribution in [-0.4, -0.2) is 25.5 Å². The van der Waals surface area contributed by atoms with E-state index in [0.29, 0.717) is 13.1 Å². The van der Waals surface area contributed by atoms with Gasteiger partial charge in [0.15, 0.2) is 0 Å². The summed E-state index contributed by atoms with van der Waals surface area (Å²) >= 11 is 0. The monoisotopic (exact) mass is 369 g/mol. The molecule has 2 aromatic carbocycles. The number of carbonyl (C=O) groups excluding carboxylic acids is 1. The molecule has 0 saturated carbocycles. The highest BCUT2D eigenvalue weighted by Gasteiger charge is 2.17. The molecule has 2 aromatic rings. The average molecular weight is 370 g/mol. The standard InChI is InChI=1S/C20H26N2O.C3H9N/c21-15-16-22-20(23)19(13-11-17-7-3-1-4-8-17)14-12-18-9-5-2-6-10-18;1-2-3-4/h1-10,19H,11-16,21H2,(H,22,23);2-4H2,1H3. The number of hydrogen-bond acceptors (Lipinski definition) is 3. The van der Waals surface area contributed by atoms with Crippen LogP contribution in [0.15, 0.2) is 60.7 Å². The van der Waals surface area contributed by atoms with E-state index in [1.54, 1.807) is 0 Å². The molecule has 0 aliphatic carbocycles. The van der Waals surface area contributed by atoms with Crippen molar-refractivity contribution in [3.63, 3.8) is 0 Å². The van der Waals surface area contributed by atoms with Gasteiger partial charge in [0.25, 0.3) is 0 Å². The predicted molar refractivity (Wildman–Crippen MR) is 114 cm³/mol. The molecule has 4 heteroatoms. The zero-order chi connectivity index (χ0) is 19.7. The fraction of sp³-hybridized carbons (Fsp3) is 0.435. The first kappa shape index (κ1) is 22.9. The number of amides is 1. The van der Waals surface area contributed by atoms with Gasteiger partial charge in [0.05, 0.1) is 0 Å². The molecule has 0 aliphatic heterocycles. The van der Waals surface area contributed by atoms with E-state index in [0.717, 1.165) is 38.6 Å². The molecule has 2 rings (SSSR count). The van der Waals surface area contributed by atoms with Gasteiger partial charge in [-0.1, -0.05) is 67.6 Å². The number of nitrogens with one attached hydrogen (secondary N) is 1. The van der Waals surface area contributed by atoms with Crippen LogP contribution in [0.1, 0.15) is 37.3 Å². The fourth-order valence-corrected chi connectivity index (χ4v) is 2.72. The minimum absolute atomic E-state index is 0.0296. The van der Waals surface area contributed by atoms with Crippen molar-refractivity contribution in [3.8, 4) is 0 Å². The maximum Gasteiger partial charge on any atom is 0.223 e. The molecule has 0 atom stereocenters. The Morgan fingerprint density at radius 1 is 0.852 bits per heavy atom. The minimum Gasteiger partial charge on any atom is -0.355 e. The van der Waals surface area contributed by atoms with Crippen molar-refractivity contribution < 1.29 is 4.79 Å². The van der Waals surface area contributed by atoms with Gasteiger partial charge in [0, 0.05) is 19.0 Å². The topological polar surface area (TPSA) is 81.1 Å². The number of hydrogen-bond donors (Lipinski definition) is 3. The van der Waals surface area contributed by atoms with Crippen molar-refractivity contribution in [2.75, 3.05) is 19.6 Å². The molecule has 0 heterocycles. The number of benzene rings is 2. The van der Waals surface area contributed by atoms with Crippen LogP contribution in [0, 0.1) is 5.92 Å². The lowest BCUT2D eigenvalue weighted by Gasteiger charge is -2.17. The molecule has 4 nitrogen and oxygen atoms in total. The van der Waals surface area contributed by atoms with Crippen LogP contribution in [-0.2, 0) is 17.6 Å². The largest absolute Gasteiger partial charge is 0.355 e. The van der Waals surface area contributed by atoms with E-state index in [-0.39, 0.29) is 11.8 Å². The van der Waals surface area contributed by atoms with Crippen LogP contribution in [0.3, 0.4) is 0 Å². The van der Waals surface area contributed by atoms with Crippen LogP contribution in [0.5, 0.6) is 0 Å². The van der Waals surface area contributed by atoms with Crippen molar-refractivity contribution in [3.05, 3.63) is 71.8 Å². The maximum absolute atomic E-state index is 12.4. The van der Waals surface area contributed by atoms with E-state index in [1.807, 2.05) is 36.4 Å². The van der Waals surface area contributed by atoms with E-state index >= 15 is 0 Å². The molecule has 0 saturated heterocycles. The second-order valence-corrected chi connectivity index (χ2v) is 6.61. The second-order valence-electron chi connectivity index (χ2n) is 6.61. The van der Waals surface area contributed by atoms with E-state index in [1.165, 1.54) is 11.1 Å². The highest BCUT2D eigenvalue weighted by Crippen LogP contribution is 2.17. The molecule has 0 unspecified atom stereocenters. The molecule has 0 spiro atoms. The maximum atomic E-state index is 12.4. The number of aryl methyl sites for hydroxylation is 2. The molecule has 0 aromatic heterocycles. The van der Waals surface area contributed by atoms with Gasteiger partial charge < -0.3 is 16.8 Å². The Morgan fingerprint density at radius 3 is 1.67 bits per heavy atom. The summed E-state index contributed by atoms with van der Waals surface area (Å²) < 4.78 is 0.